The summed E-state index contributed by atoms with van der Waals surface area (Å²) in [5.74, 6) is -0.333. The molecule has 1 atom stereocenters. The van der Waals surface area contributed by atoms with E-state index in [-0.39, 0.29) is 5.56 Å². The fourth-order valence-electron chi connectivity index (χ4n) is 2.02. The first-order valence-electron chi connectivity index (χ1n) is 5.83. The molecule has 1 heterocycles. The van der Waals surface area contributed by atoms with Crippen molar-refractivity contribution in [2.24, 2.45) is 5.92 Å². The van der Waals surface area contributed by atoms with E-state index in [4.69, 9.17) is 5.11 Å². The molecule has 1 aromatic heterocycles. The molecule has 0 saturated heterocycles. The van der Waals surface area contributed by atoms with Crippen molar-refractivity contribution in [2.75, 3.05) is 11.9 Å². The zero-order chi connectivity index (χ0) is 12.1. The van der Waals surface area contributed by atoms with Crippen molar-refractivity contribution in [3.05, 3.63) is 36.2 Å². The highest BCUT2D eigenvalue weighted by atomic mass is 16.4. The number of nitrogens with one attached hydrogen (secondary N) is 1. The second-order valence-electron chi connectivity index (χ2n) is 4.26. The molecule has 1 aromatic rings. The number of nitrogens with zero attached hydrogens (tertiary/aromatic N) is 1. The minimum atomic E-state index is -0.918. The lowest BCUT2D eigenvalue weighted by Crippen LogP contribution is -2.17. The molecule has 0 amide bonds. The molecule has 4 heteroatoms. The van der Waals surface area contributed by atoms with Gasteiger partial charge in [-0.25, -0.2) is 4.79 Å². The van der Waals surface area contributed by atoms with Crippen LogP contribution in [0.5, 0.6) is 0 Å². The van der Waals surface area contributed by atoms with Gasteiger partial charge in [0.2, 0.25) is 0 Å². The number of allylic oxidation sites excluding steroid dienone is 2. The topological polar surface area (TPSA) is 62.2 Å². The Hall–Kier alpha value is -1.84. The van der Waals surface area contributed by atoms with Crippen molar-refractivity contribution in [1.82, 2.24) is 4.98 Å². The van der Waals surface area contributed by atoms with Gasteiger partial charge in [0, 0.05) is 12.7 Å². The van der Waals surface area contributed by atoms with E-state index < -0.39 is 5.97 Å². The van der Waals surface area contributed by atoms with E-state index in [1.165, 1.54) is 12.3 Å². The Labute approximate surface area is 100 Å². The summed E-state index contributed by atoms with van der Waals surface area (Å²) in [4.78, 5) is 14.9. The van der Waals surface area contributed by atoms with Gasteiger partial charge in [0.25, 0.3) is 0 Å². The van der Waals surface area contributed by atoms with Crippen LogP contribution in [0.25, 0.3) is 0 Å². The van der Waals surface area contributed by atoms with Crippen molar-refractivity contribution in [2.45, 2.75) is 19.3 Å². The van der Waals surface area contributed by atoms with E-state index in [0.717, 1.165) is 25.8 Å². The monoisotopic (exact) mass is 232 g/mol. The van der Waals surface area contributed by atoms with Gasteiger partial charge in [0.15, 0.2) is 0 Å². The van der Waals surface area contributed by atoms with E-state index in [9.17, 15) is 4.79 Å². The normalized spacial score (nSPS) is 18.9. The summed E-state index contributed by atoms with van der Waals surface area (Å²) in [6.45, 7) is 0.802. The van der Waals surface area contributed by atoms with Crippen LogP contribution in [0.3, 0.4) is 0 Å². The fraction of sp³-hybridized carbons (Fsp3) is 0.385. The van der Waals surface area contributed by atoms with Crippen molar-refractivity contribution in [3.8, 4) is 0 Å². The lowest BCUT2D eigenvalue weighted by molar-refractivity contribution is 0.0698. The standard InChI is InChI=1S/C13H16N2O2/c16-13(17)11-6-7-14-9-12(11)15-8-10-4-2-1-3-5-10/h1-2,6-7,9-10,15H,3-5,8H2,(H,16,17). The smallest absolute Gasteiger partial charge is 0.337 e. The van der Waals surface area contributed by atoms with Crippen molar-refractivity contribution < 1.29 is 9.90 Å². The Morgan fingerprint density at radius 2 is 2.41 bits per heavy atom. The number of aromatic carboxylic acids is 1. The third kappa shape index (κ3) is 3.06. The van der Waals surface area contributed by atoms with Crippen molar-refractivity contribution >= 4 is 11.7 Å². The van der Waals surface area contributed by atoms with E-state index in [2.05, 4.69) is 22.5 Å². The Morgan fingerprint density at radius 3 is 3.12 bits per heavy atom. The number of rotatable bonds is 4. The van der Waals surface area contributed by atoms with Crippen molar-refractivity contribution in [1.29, 1.82) is 0 Å². The second kappa shape index (κ2) is 5.48. The van der Waals surface area contributed by atoms with Gasteiger partial charge in [-0.15, -0.1) is 0 Å². The van der Waals surface area contributed by atoms with Gasteiger partial charge < -0.3 is 10.4 Å². The second-order valence-corrected chi connectivity index (χ2v) is 4.26. The maximum absolute atomic E-state index is 11.0. The first-order chi connectivity index (χ1) is 8.27. The van der Waals surface area contributed by atoms with E-state index in [1.807, 2.05) is 0 Å². The predicted molar refractivity (Wildman–Crippen MR) is 66.2 cm³/mol. The maximum atomic E-state index is 11.0. The highest BCUT2D eigenvalue weighted by Gasteiger charge is 2.13. The number of anilines is 1. The van der Waals surface area contributed by atoms with Gasteiger partial charge in [0.1, 0.15) is 0 Å². The minimum Gasteiger partial charge on any atom is -0.478 e. The van der Waals surface area contributed by atoms with Crippen LogP contribution < -0.4 is 5.32 Å². The summed E-state index contributed by atoms with van der Waals surface area (Å²) in [7, 11) is 0. The SMILES string of the molecule is O=C(O)c1ccncc1NCC1CC=CCC1. The molecule has 1 aliphatic carbocycles. The first-order valence-corrected chi connectivity index (χ1v) is 5.83. The molecule has 90 valence electrons. The summed E-state index contributed by atoms with van der Waals surface area (Å²) in [6.07, 6.45) is 10.8. The summed E-state index contributed by atoms with van der Waals surface area (Å²) in [5, 5.41) is 12.2. The molecular weight excluding hydrogens is 216 g/mol. The highest BCUT2D eigenvalue weighted by Crippen LogP contribution is 2.20. The molecule has 0 fully saturated rings. The summed E-state index contributed by atoms with van der Waals surface area (Å²) < 4.78 is 0. The van der Waals surface area contributed by atoms with Crippen LogP contribution in [0.2, 0.25) is 0 Å². The van der Waals surface area contributed by atoms with Gasteiger partial charge in [-0.3, -0.25) is 4.98 Å². The number of pyridine rings is 1. The molecule has 1 unspecified atom stereocenters. The van der Waals surface area contributed by atoms with Crippen LogP contribution in [0.1, 0.15) is 29.6 Å². The zero-order valence-electron chi connectivity index (χ0n) is 9.60. The number of carbonyl (C=O) groups is 1. The van der Waals surface area contributed by atoms with E-state index in [0.29, 0.717) is 11.6 Å². The van der Waals surface area contributed by atoms with Crippen LogP contribution in [0, 0.1) is 5.92 Å². The fourth-order valence-corrected chi connectivity index (χ4v) is 2.02. The van der Waals surface area contributed by atoms with Crippen LogP contribution in [-0.4, -0.2) is 22.6 Å². The Kier molecular flexibility index (Phi) is 3.75. The quantitative estimate of drug-likeness (QED) is 0.783. The van der Waals surface area contributed by atoms with Crippen LogP contribution >= 0.6 is 0 Å². The molecule has 0 saturated carbocycles. The average Bonchev–Trinajstić information content (AvgIpc) is 2.38. The van der Waals surface area contributed by atoms with Crippen molar-refractivity contribution in [3.63, 3.8) is 0 Å². The van der Waals surface area contributed by atoms with Gasteiger partial charge in [-0.2, -0.15) is 0 Å². The number of carboxylic acids is 1. The number of hydrogen-bond acceptors (Lipinski definition) is 3. The molecule has 0 radical (unpaired) electrons. The molecule has 2 rings (SSSR count). The molecule has 0 aromatic carbocycles. The summed E-state index contributed by atoms with van der Waals surface area (Å²) in [6, 6.07) is 1.52. The molecule has 4 nitrogen and oxygen atoms in total. The van der Waals surface area contributed by atoms with Crippen LogP contribution in [0.4, 0.5) is 5.69 Å². The predicted octanol–water partition coefficient (Wildman–Crippen LogP) is 2.55. The molecule has 0 aliphatic heterocycles. The van der Waals surface area contributed by atoms with Gasteiger partial charge >= 0.3 is 5.97 Å². The minimum absolute atomic E-state index is 0.284. The Balaban J connectivity index is 1.98. The largest absolute Gasteiger partial charge is 0.478 e. The van der Waals surface area contributed by atoms with Crippen LogP contribution in [0.15, 0.2) is 30.6 Å². The number of carboxylic acid groups (broad SMARTS) is 1. The lowest BCUT2D eigenvalue weighted by atomic mass is 9.94. The number of aromatic nitrogens is 1. The van der Waals surface area contributed by atoms with Gasteiger partial charge in [-0.1, -0.05) is 12.2 Å². The number of hydrogen-bond donors (Lipinski definition) is 2. The van der Waals surface area contributed by atoms with E-state index >= 15 is 0 Å². The van der Waals surface area contributed by atoms with Crippen LogP contribution in [-0.2, 0) is 0 Å². The van der Waals surface area contributed by atoms with Gasteiger partial charge in [-0.05, 0) is 31.2 Å². The molecule has 17 heavy (non-hydrogen) atoms. The molecule has 1 aliphatic rings. The summed E-state index contributed by atoms with van der Waals surface area (Å²) in [5.41, 5.74) is 0.890. The first kappa shape index (κ1) is 11.6. The molecule has 0 bridgehead atoms. The lowest BCUT2D eigenvalue weighted by Gasteiger charge is -2.19. The Morgan fingerprint density at radius 1 is 1.53 bits per heavy atom. The molecular formula is C13H16N2O2. The summed E-state index contributed by atoms with van der Waals surface area (Å²) >= 11 is 0. The zero-order valence-corrected chi connectivity index (χ0v) is 9.60. The van der Waals surface area contributed by atoms with Gasteiger partial charge in [0.05, 0.1) is 17.4 Å². The maximum Gasteiger partial charge on any atom is 0.337 e. The highest BCUT2D eigenvalue weighted by molar-refractivity contribution is 5.93. The molecule has 2 N–H and O–H groups in total. The average molecular weight is 232 g/mol. The Bertz CT molecular complexity index is 429. The third-order valence-corrected chi connectivity index (χ3v) is 3.01. The third-order valence-electron chi connectivity index (χ3n) is 3.01. The van der Waals surface area contributed by atoms with E-state index in [1.54, 1.807) is 6.20 Å². The molecule has 0 spiro atoms.